The van der Waals surface area contributed by atoms with Crippen LogP contribution in [0.1, 0.15) is 25.0 Å². The second-order valence-electron chi connectivity index (χ2n) is 7.57. The van der Waals surface area contributed by atoms with Crippen molar-refractivity contribution in [3.8, 4) is 5.75 Å². The molecule has 0 aliphatic rings. The lowest BCUT2D eigenvalue weighted by atomic mass is 10.1. The van der Waals surface area contributed by atoms with Crippen LogP contribution in [0.3, 0.4) is 0 Å². The van der Waals surface area contributed by atoms with Gasteiger partial charge in [-0.1, -0.05) is 44.2 Å². The Balaban J connectivity index is 1.63. The van der Waals surface area contributed by atoms with E-state index in [1.54, 1.807) is 18.2 Å². The van der Waals surface area contributed by atoms with Crippen LogP contribution in [0, 0.1) is 5.82 Å². The number of anilines is 2. The summed E-state index contributed by atoms with van der Waals surface area (Å²) in [6.07, 6.45) is 0. The number of halogens is 1. The average Bonchev–Trinajstić information content (AvgIpc) is 3.12. The number of para-hydroxylation sites is 2. The highest BCUT2D eigenvalue weighted by Crippen LogP contribution is 2.28. The van der Waals surface area contributed by atoms with Crippen molar-refractivity contribution in [2.75, 3.05) is 18.4 Å². The molecule has 3 aromatic carbocycles. The van der Waals surface area contributed by atoms with Gasteiger partial charge in [-0.2, -0.15) is 0 Å². The molecule has 5 nitrogen and oxygen atoms in total. The van der Waals surface area contributed by atoms with Gasteiger partial charge in [-0.05, 0) is 49.0 Å². The van der Waals surface area contributed by atoms with E-state index in [-0.39, 0.29) is 11.6 Å². The van der Waals surface area contributed by atoms with Gasteiger partial charge >= 0.3 is 0 Å². The van der Waals surface area contributed by atoms with E-state index in [2.05, 4.69) is 28.6 Å². The number of phenolic OH excluding ortho intramolecular Hbond substituents is 1. The standard InChI is InChI=1S/C25H27FN4O/c1-3-29(4-2)17-19-11-14-21(15-24(19)31)27-25-28-22-7-5-6-8-23(22)30(25)16-18-9-12-20(26)13-10-18/h5-15,31H,3-4,16-17H2,1-2H3,(H,27,28). The molecule has 0 amide bonds. The third kappa shape index (κ3) is 4.70. The molecule has 0 unspecified atom stereocenters. The number of fused-ring (bicyclic) bond motifs is 1. The quantitative estimate of drug-likeness (QED) is 0.396. The molecule has 1 aromatic heterocycles. The van der Waals surface area contributed by atoms with Crippen LogP contribution in [-0.2, 0) is 13.1 Å². The van der Waals surface area contributed by atoms with Crippen LogP contribution >= 0.6 is 0 Å². The summed E-state index contributed by atoms with van der Waals surface area (Å²) in [5, 5.41) is 13.9. The van der Waals surface area contributed by atoms with Crippen LogP contribution in [0.4, 0.5) is 16.0 Å². The second kappa shape index (κ2) is 9.18. The Morgan fingerprint density at radius 1 is 1.00 bits per heavy atom. The van der Waals surface area contributed by atoms with E-state index in [0.717, 1.165) is 40.9 Å². The molecule has 0 atom stereocenters. The monoisotopic (exact) mass is 418 g/mol. The Morgan fingerprint density at radius 2 is 1.74 bits per heavy atom. The van der Waals surface area contributed by atoms with E-state index in [4.69, 9.17) is 4.98 Å². The Hall–Kier alpha value is -3.38. The molecule has 0 bridgehead atoms. The van der Waals surface area contributed by atoms with Gasteiger partial charge in [0.2, 0.25) is 5.95 Å². The second-order valence-corrected chi connectivity index (χ2v) is 7.57. The topological polar surface area (TPSA) is 53.3 Å². The third-order valence-corrected chi connectivity index (χ3v) is 5.54. The summed E-state index contributed by atoms with van der Waals surface area (Å²) in [6, 6.07) is 20.0. The van der Waals surface area contributed by atoms with E-state index < -0.39 is 0 Å². The van der Waals surface area contributed by atoms with Crippen molar-refractivity contribution in [2.24, 2.45) is 0 Å². The van der Waals surface area contributed by atoms with Gasteiger partial charge in [0.25, 0.3) is 0 Å². The molecule has 0 aliphatic heterocycles. The van der Waals surface area contributed by atoms with Crippen molar-refractivity contribution in [3.05, 3.63) is 83.7 Å². The molecule has 0 radical (unpaired) electrons. The number of rotatable bonds is 8. The first kappa shape index (κ1) is 20.9. The molecule has 2 N–H and O–H groups in total. The van der Waals surface area contributed by atoms with Crippen molar-refractivity contribution >= 4 is 22.7 Å². The van der Waals surface area contributed by atoms with Crippen molar-refractivity contribution in [2.45, 2.75) is 26.9 Å². The zero-order chi connectivity index (χ0) is 21.8. The number of hydrogen-bond donors (Lipinski definition) is 2. The average molecular weight is 419 g/mol. The first-order valence-corrected chi connectivity index (χ1v) is 10.6. The number of benzene rings is 3. The number of nitrogens with zero attached hydrogens (tertiary/aromatic N) is 3. The van der Waals surface area contributed by atoms with E-state index in [9.17, 15) is 9.50 Å². The predicted molar refractivity (Wildman–Crippen MR) is 123 cm³/mol. The molecule has 0 spiro atoms. The number of aromatic nitrogens is 2. The van der Waals surface area contributed by atoms with Gasteiger partial charge in [-0.25, -0.2) is 9.37 Å². The summed E-state index contributed by atoms with van der Waals surface area (Å²) in [6.45, 7) is 7.36. The fraction of sp³-hybridized carbons (Fsp3) is 0.240. The molecule has 160 valence electrons. The summed E-state index contributed by atoms with van der Waals surface area (Å²) in [7, 11) is 0. The van der Waals surface area contributed by atoms with Gasteiger partial charge in [0.05, 0.1) is 17.6 Å². The number of imidazole rings is 1. The third-order valence-electron chi connectivity index (χ3n) is 5.54. The Labute approximate surface area is 181 Å². The highest BCUT2D eigenvalue weighted by molar-refractivity contribution is 5.80. The lowest BCUT2D eigenvalue weighted by Crippen LogP contribution is -2.22. The maximum absolute atomic E-state index is 13.3. The van der Waals surface area contributed by atoms with Gasteiger partial charge in [-0.15, -0.1) is 0 Å². The molecule has 1 heterocycles. The van der Waals surface area contributed by atoms with E-state index in [1.165, 1.54) is 12.1 Å². The molecule has 4 rings (SSSR count). The van der Waals surface area contributed by atoms with Crippen molar-refractivity contribution in [3.63, 3.8) is 0 Å². The maximum Gasteiger partial charge on any atom is 0.208 e. The van der Waals surface area contributed by atoms with Crippen molar-refractivity contribution < 1.29 is 9.50 Å². The highest BCUT2D eigenvalue weighted by atomic mass is 19.1. The smallest absolute Gasteiger partial charge is 0.208 e. The molecule has 0 aliphatic carbocycles. The first-order valence-electron chi connectivity index (χ1n) is 10.6. The van der Waals surface area contributed by atoms with Crippen LogP contribution in [0.25, 0.3) is 11.0 Å². The first-order chi connectivity index (χ1) is 15.1. The predicted octanol–water partition coefficient (Wildman–Crippen LogP) is 5.51. The van der Waals surface area contributed by atoms with E-state index in [0.29, 0.717) is 19.0 Å². The van der Waals surface area contributed by atoms with Crippen molar-refractivity contribution in [1.29, 1.82) is 0 Å². The minimum Gasteiger partial charge on any atom is -0.508 e. The Morgan fingerprint density at radius 3 is 2.45 bits per heavy atom. The van der Waals surface area contributed by atoms with Crippen LogP contribution in [0.2, 0.25) is 0 Å². The maximum atomic E-state index is 13.3. The van der Waals surface area contributed by atoms with E-state index >= 15 is 0 Å². The van der Waals surface area contributed by atoms with Crippen molar-refractivity contribution in [1.82, 2.24) is 14.5 Å². The van der Waals surface area contributed by atoms with Crippen LogP contribution in [0.5, 0.6) is 5.75 Å². The number of hydrogen-bond acceptors (Lipinski definition) is 4. The van der Waals surface area contributed by atoms with Gasteiger partial charge in [0, 0.05) is 23.9 Å². The lowest BCUT2D eigenvalue weighted by molar-refractivity contribution is 0.291. The van der Waals surface area contributed by atoms with Gasteiger partial charge in [0.15, 0.2) is 0 Å². The molecule has 0 saturated heterocycles. The Kier molecular flexibility index (Phi) is 6.18. The largest absolute Gasteiger partial charge is 0.508 e. The SMILES string of the molecule is CCN(CC)Cc1ccc(Nc2nc3ccccc3n2Cc2ccc(F)cc2)cc1O. The minimum absolute atomic E-state index is 0.252. The molecule has 0 fully saturated rings. The normalized spacial score (nSPS) is 11.4. The van der Waals surface area contributed by atoms with E-state index in [1.807, 2.05) is 36.4 Å². The molecule has 6 heteroatoms. The van der Waals surface area contributed by atoms with Crippen LogP contribution < -0.4 is 5.32 Å². The Bertz CT molecular complexity index is 1170. The number of nitrogens with one attached hydrogen (secondary N) is 1. The van der Waals surface area contributed by atoms with Crippen LogP contribution in [-0.4, -0.2) is 32.6 Å². The summed E-state index contributed by atoms with van der Waals surface area (Å²) < 4.78 is 15.4. The molecule has 0 saturated carbocycles. The molecular weight excluding hydrogens is 391 g/mol. The molecule has 31 heavy (non-hydrogen) atoms. The lowest BCUT2D eigenvalue weighted by Gasteiger charge is -2.19. The summed E-state index contributed by atoms with van der Waals surface area (Å²) in [4.78, 5) is 6.99. The minimum atomic E-state index is -0.252. The number of phenols is 1. The van der Waals surface area contributed by atoms with Gasteiger partial charge in [0.1, 0.15) is 11.6 Å². The van der Waals surface area contributed by atoms with Gasteiger partial charge in [-0.3, -0.25) is 4.90 Å². The fourth-order valence-electron chi connectivity index (χ4n) is 3.70. The fourth-order valence-corrected chi connectivity index (χ4v) is 3.70. The summed E-state index contributed by atoms with van der Waals surface area (Å²) in [5.41, 5.74) is 4.49. The zero-order valence-corrected chi connectivity index (χ0v) is 17.8. The van der Waals surface area contributed by atoms with Crippen LogP contribution in [0.15, 0.2) is 66.7 Å². The number of aromatic hydroxyl groups is 1. The van der Waals surface area contributed by atoms with Gasteiger partial charge < -0.3 is 15.0 Å². The summed E-state index contributed by atoms with van der Waals surface area (Å²) in [5.74, 6) is 0.678. The molecular formula is C25H27FN4O. The summed E-state index contributed by atoms with van der Waals surface area (Å²) >= 11 is 0. The zero-order valence-electron chi connectivity index (χ0n) is 17.8. The highest BCUT2D eigenvalue weighted by Gasteiger charge is 2.13. The molecule has 4 aromatic rings.